The summed E-state index contributed by atoms with van der Waals surface area (Å²) in [5.41, 5.74) is 4.59. The monoisotopic (exact) mass is 438 g/mol. The van der Waals surface area contributed by atoms with Gasteiger partial charge in [-0.3, -0.25) is 0 Å². The maximum absolute atomic E-state index is 13.3. The second kappa shape index (κ2) is 9.55. The Morgan fingerprint density at radius 3 is 2.50 bits per heavy atom. The van der Waals surface area contributed by atoms with Gasteiger partial charge in [0.1, 0.15) is 0 Å². The van der Waals surface area contributed by atoms with Gasteiger partial charge in [-0.2, -0.15) is 0 Å². The quantitative estimate of drug-likeness (QED) is 0.467. The number of urea groups is 1. The summed E-state index contributed by atoms with van der Waals surface area (Å²) in [5.74, 6) is 0. The third-order valence-corrected chi connectivity index (χ3v) is 6.34. The molecule has 3 aromatic carbocycles. The molecule has 0 aliphatic heterocycles. The number of nitrogens with zero attached hydrogens (tertiary/aromatic N) is 1. The van der Waals surface area contributed by atoms with Gasteiger partial charge < -0.3 is 10.2 Å². The Hall–Kier alpha value is -2.49. The maximum Gasteiger partial charge on any atom is 0.318 e. The first-order valence-electron chi connectivity index (χ1n) is 10.2. The van der Waals surface area contributed by atoms with Gasteiger partial charge in [-0.1, -0.05) is 83.9 Å². The van der Waals surface area contributed by atoms with E-state index in [4.69, 9.17) is 23.2 Å². The fourth-order valence-electron chi connectivity index (χ4n) is 4.09. The minimum absolute atomic E-state index is 0.0279. The molecular weight excluding hydrogens is 415 g/mol. The Labute approximate surface area is 187 Å². The highest BCUT2D eigenvalue weighted by Gasteiger charge is 2.29. The predicted octanol–water partition coefficient (Wildman–Crippen LogP) is 6.78. The number of nitrogens with one attached hydrogen (secondary N) is 1. The van der Waals surface area contributed by atoms with E-state index in [1.165, 1.54) is 11.1 Å². The van der Waals surface area contributed by atoms with Gasteiger partial charge in [0.05, 0.1) is 16.1 Å². The zero-order valence-corrected chi connectivity index (χ0v) is 18.2. The summed E-state index contributed by atoms with van der Waals surface area (Å²) in [6, 6.07) is 23.9. The van der Waals surface area contributed by atoms with E-state index in [1.54, 1.807) is 6.07 Å². The number of hydrogen-bond acceptors (Lipinski definition) is 1. The Bertz CT molecular complexity index is 1020. The summed E-state index contributed by atoms with van der Waals surface area (Å²) in [7, 11) is 0. The Morgan fingerprint density at radius 2 is 1.70 bits per heavy atom. The smallest absolute Gasteiger partial charge is 0.318 e. The van der Waals surface area contributed by atoms with Gasteiger partial charge in [0.2, 0.25) is 0 Å². The van der Waals surface area contributed by atoms with Crippen LogP contribution in [0, 0.1) is 0 Å². The first-order valence-corrected chi connectivity index (χ1v) is 11.0. The first kappa shape index (κ1) is 20.8. The highest BCUT2D eigenvalue weighted by molar-refractivity contribution is 6.42. The van der Waals surface area contributed by atoms with Crippen LogP contribution in [0.5, 0.6) is 0 Å². The molecule has 4 rings (SSSR count). The summed E-state index contributed by atoms with van der Waals surface area (Å²) in [6.45, 7) is 0.961. The molecule has 0 radical (unpaired) electrons. The van der Waals surface area contributed by atoms with E-state index in [0.717, 1.165) is 30.4 Å². The van der Waals surface area contributed by atoms with E-state index in [-0.39, 0.29) is 12.1 Å². The van der Waals surface area contributed by atoms with Gasteiger partial charge in [-0.25, -0.2) is 4.79 Å². The minimum Gasteiger partial charge on any atom is -0.334 e. The molecule has 0 aromatic heterocycles. The number of rotatable bonds is 5. The molecule has 1 aliphatic carbocycles. The fourth-order valence-corrected chi connectivity index (χ4v) is 4.41. The average molecular weight is 439 g/mol. The lowest BCUT2D eigenvalue weighted by Crippen LogP contribution is -2.42. The van der Waals surface area contributed by atoms with Gasteiger partial charge in [0.15, 0.2) is 0 Å². The molecule has 1 aliphatic rings. The summed E-state index contributed by atoms with van der Waals surface area (Å²) in [5, 5.41) is 4.12. The second-order valence-electron chi connectivity index (χ2n) is 7.63. The lowest BCUT2D eigenvalue weighted by atomic mass is 9.86. The number of carbonyl (C=O) groups excluding carboxylic acids is 1. The number of fused-ring (bicyclic) bond motifs is 1. The van der Waals surface area contributed by atoms with Crippen LogP contribution in [0.1, 0.15) is 41.1 Å². The SMILES string of the molecule is O=C(NCc1ccccc1)N(Cc1ccc(Cl)c(Cl)c1)C1CCCc2ccccc21. The van der Waals surface area contributed by atoms with Crippen LogP contribution < -0.4 is 5.32 Å². The molecule has 1 N–H and O–H groups in total. The fraction of sp³-hybridized carbons (Fsp3) is 0.240. The third-order valence-electron chi connectivity index (χ3n) is 5.60. The molecule has 154 valence electrons. The van der Waals surface area contributed by atoms with Crippen molar-refractivity contribution in [1.29, 1.82) is 0 Å². The lowest BCUT2D eigenvalue weighted by molar-refractivity contribution is 0.162. The second-order valence-corrected chi connectivity index (χ2v) is 8.44. The molecule has 0 saturated heterocycles. The minimum atomic E-state index is -0.0772. The Kier molecular flexibility index (Phi) is 6.61. The largest absolute Gasteiger partial charge is 0.334 e. The van der Waals surface area contributed by atoms with Crippen LogP contribution in [0.25, 0.3) is 0 Å². The van der Waals surface area contributed by atoms with Gasteiger partial charge >= 0.3 is 6.03 Å². The molecule has 3 aromatic rings. The summed E-state index contributed by atoms with van der Waals surface area (Å²) in [4.78, 5) is 15.3. The lowest BCUT2D eigenvalue weighted by Gasteiger charge is -2.36. The molecule has 2 amide bonds. The highest BCUT2D eigenvalue weighted by Crippen LogP contribution is 2.35. The third kappa shape index (κ3) is 4.80. The van der Waals surface area contributed by atoms with Crippen molar-refractivity contribution in [3.63, 3.8) is 0 Å². The standard InChI is InChI=1S/C25H24Cl2N2O/c26-22-14-13-19(15-23(22)27)17-29(25(30)28-16-18-7-2-1-3-8-18)24-12-6-10-20-9-4-5-11-21(20)24/h1-5,7-9,11,13-15,24H,6,10,12,16-17H2,(H,28,30). The van der Waals surface area contributed by atoms with Crippen LogP contribution in [0.4, 0.5) is 4.79 Å². The molecule has 0 heterocycles. The molecule has 0 fully saturated rings. The topological polar surface area (TPSA) is 32.3 Å². The number of aryl methyl sites for hydroxylation is 1. The number of benzene rings is 3. The van der Waals surface area contributed by atoms with Crippen molar-refractivity contribution >= 4 is 29.2 Å². The number of carbonyl (C=O) groups is 1. The van der Waals surface area contributed by atoms with E-state index in [1.807, 2.05) is 47.4 Å². The van der Waals surface area contributed by atoms with Gasteiger partial charge in [-0.15, -0.1) is 0 Å². The zero-order chi connectivity index (χ0) is 20.9. The average Bonchev–Trinajstić information content (AvgIpc) is 2.78. The van der Waals surface area contributed by atoms with Crippen molar-refractivity contribution < 1.29 is 4.79 Å². The molecular formula is C25H24Cl2N2O. The molecule has 0 saturated carbocycles. The maximum atomic E-state index is 13.3. The Balaban J connectivity index is 1.61. The number of halogens is 2. The van der Waals surface area contributed by atoms with E-state index in [0.29, 0.717) is 23.1 Å². The van der Waals surface area contributed by atoms with Crippen LogP contribution >= 0.6 is 23.2 Å². The van der Waals surface area contributed by atoms with Crippen LogP contribution in [0.3, 0.4) is 0 Å². The number of hydrogen-bond donors (Lipinski definition) is 1. The molecule has 0 spiro atoms. The number of amides is 2. The van der Waals surface area contributed by atoms with Crippen molar-refractivity contribution in [2.45, 2.75) is 38.4 Å². The molecule has 0 bridgehead atoms. The predicted molar refractivity (Wildman–Crippen MR) is 123 cm³/mol. The van der Waals surface area contributed by atoms with Gasteiger partial charge in [-0.05, 0) is 53.6 Å². The highest BCUT2D eigenvalue weighted by atomic mass is 35.5. The van der Waals surface area contributed by atoms with Gasteiger partial charge in [0.25, 0.3) is 0 Å². The molecule has 5 heteroatoms. The normalized spacial score (nSPS) is 15.3. The first-order chi connectivity index (χ1) is 14.6. The van der Waals surface area contributed by atoms with Crippen molar-refractivity contribution in [2.24, 2.45) is 0 Å². The van der Waals surface area contributed by atoms with Crippen LogP contribution in [0.15, 0.2) is 72.8 Å². The van der Waals surface area contributed by atoms with E-state index >= 15 is 0 Å². The molecule has 1 atom stereocenters. The van der Waals surface area contributed by atoms with Crippen molar-refractivity contribution in [2.75, 3.05) is 0 Å². The van der Waals surface area contributed by atoms with Gasteiger partial charge in [0, 0.05) is 13.1 Å². The summed E-state index contributed by atoms with van der Waals surface area (Å²) < 4.78 is 0. The molecule has 30 heavy (non-hydrogen) atoms. The Morgan fingerprint density at radius 1 is 0.933 bits per heavy atom. The molecule has 1 unspecified atom stereocenters. The van der Waals surface area contributed by atoms with Crippen LogP contribution in [0.2, 0.25) is 10.0 Å². The van der Waals surface area contributed by atoms with Crippen molar-refractivity contribution in [3.05, 3.63) is 105 Å². The van der Waals surface area contributed by atoms with Crippen LogP contribution in [-0.4, -0.2) is 10.9 Å². The van der Waals surface area contributed by atoms with Crippen molar-refractivity contribution in [1.82, 2.24) is 10.2 Å². The van der Waals surface area contributed by atoms with E-state index in [9.17, 15) is 4.79 Å². The van der Waals surface area contributed by atoms with Crippen LogP contribution in [-0.2, 0) is 19.5 Å². The van der Waals surface area contributed by atoms with E-state index < -0.39 is 0 Å². The summed E-state index contributed by atoms with van der Waals surface area (Å²) in [6.07, 6.45) is 3.06. The summed E-state index contributed by atoms with van der Waals surface area (Å²) >= 11 is 12.3. The zero-order valence-electron chi connectivity index (χ0n) is 16.7. The van der Waals surface area contributed by atoms with E-state index in [2.05, 4.69) is 29.6 Å². The molecule has 3 nitrogen and oxygen atoms in total. The van der Waals surface area contributed by atoms with Crippen molar-refractivity contribution in [3.8, 4) is 0 Å².